The van der Waals surface area contributed by atoms with Crippen LogP contribution in [-0.2, 0) is 0 Å². The quantitative estimate of drug-likeness (QED) is 0.881. The second kappa shape index (κ2) is 5.03. The monoisotopic (exact) mass is 264 g/mol. The molecule has 0 atom stereocenters. The molecule has 0 unspecified atom stereocenters. The first-order valence-electron chi connectivity index (χ1n) is 5.02. The fourth-order valence-electron chi connectivity index (χ4n) is 1.47. The predicted molar refractivity (Wildman–Crippen MR) is 65.8 cm³/mol. The molecule has 2 nitrogen and oxygen atoms in total. The number of nitrogens with one attached hydrogen (secondary N) is 1. The minimum atomic E-state index is -0.728. The van der Waals surface area contributed by atoms with Gasteiger partial charge in [-0.05, 0) is 30.3 Å². The first kappa shape index (κ1) is 12.3. The molecule has 2 aromatic rings. The maximum absolute atomic E-state index is 13.4. The van der Waals surface area contributed by atoms with E-state index in [1.54, 1.807) is 0 Å². The highest BCUT2D eigenvalue weighted by atomic mass is 35.5. The number of nitrogens with zero attached hydrogens (tertiary/aromatic N) is 1. The van der Waals surface area contributed by atoms with Crippen molar-refractivity contribution in [1.29, 1.82) is 5.26 Å². The van der Waals surface area contributed by atoms with Gasteiger partial charge in [0.25, 0.3) is 0 Å². The molecule has 2 rings (SSSR count). The largest absolute Gasteiger partial charge is 0.350 e. The molecule has 1 N–H and O–H groups in total. The van der Waals surface area contributed by atoms with E-state index in [2.05, 4.69) is 5.32 Å². The summed E-state index contributed by atoms with van der Waals surface area (Å²) in [6, 6.07) is 9.88. The Morgan fingerprint density at radius 1 is 1.11 bits per heavy atom. The average molecular weight is 265 g/mol. The van der Waals surface area contributed by atoms with E-state index in [9.17, 15) is 8.78 Å². The van der Waals surface area contributed by atoms with Crippen molar-refractivity contribution >= 4 is 23.0 Å². The molecule has 0 fully saturated rings. The normalized spacial score (nSPS) is 9.89. The van der Waals surface area contributed by atoms with E-state index in [-0.39, 0.29) is 11.3 Å². The van der Waals surface area contributed by atoms with E-state index >= 15 is 0 Å². The molecule has 0 aliphatic heterocycles. The third-order valence-electron chi connectivity index (χ3n) is 2.32. The van der Waals surface area contributed by atoms with Crippen molar-refractivity contribution in [3.05, 3.63) is 58.6 Å². The zero-order chi connectivity index (χ0) is 13.1. The van der Waals surface area contributed by atoms with E-state index in [0.29, 0.717) is 10.7 Å². The number of hydrogen-bond acceptors (Lipinski definition) is 2. The van der Waals surface area contributed by atoms with Crippen molar-refractivity contribution in [2.75, 3.05) is 5.32 Å². The highest BCUT2D eigenvalue weighted by Gasteiger charge is 2.10. The van der Waals surface area contributed by atoms with Crippen LogP contribution in [0, 0.1) is 23.0 Å². The van der Waals surface area contributed by atoms with Crippen LogP contribution in [-0.4, -0.2) is 0 Å². The first-order chi connectivity index (χ1) is 8.61. The molecule has 18 heavy (non-hydrogen) atoms. The second-order valence-electron chi connectivity index (χ2n) is 3.52. The topological polar surface area (TPSA) is 35.8 Å². The molecule has 0 bridgehead atoms. The number of halogens is 3. The standard InChI is InChI=1S/C13H7ClF2N2/c14-9-4-5-12(8(6-9)7-17)18-13-10(15)2-1-3-11(13)16/h1-6,18H. The van der Waals surface area contributed by atoms with Crippen LogP contribution in [0.4, 0.5) is 20.2 Å². The van der Waals surface area contributed by atoms with Gasteiger partial charge in [-0.15, -0.1) is 0 Å². The van der Waals surface area contributed by atoms with Crippen LogP contribution in [0.2, 0.25) is 5.02 Å². The van der Waals surface area contributed by atoms with Crippen LogP contribution in [0.1, 0.15) is 5.56 Å². The van der Waals surface area contributed by atoms with E-state index in [1.165, 1.54) is 24.3 Å². The minimum absolute atomic E-state index is 0.213. The number of rotatable bonds is 2. The molecule has 5 heteroatoms. The Morgan fingerprint density at radius 3 is 2.39 bits per heavy atom. The summed E-state index contributed by atoms with van der Waals surface area (Å²) in [6.45, 7) is 0. The second-order valence-corrected chi connectivity index (χ2v) is 3.96. The van der Waals surface area contributed by atoms with Crippen LogP contribution >= 0.6 is 11.6 Å². The van der Waals surface area contributed by atoms with Gasteiger partial charge in [0.2, 0.25) is 0 Å². The van der Waals surface area contributed by atoms with Crippen molar-refractivity contribution in [3.8, 4) is 6.07 Å². The fourth-order valence-corrected chi connectivity index (χ4v) is 1.64. The zero-order valence-corrected chi connectivity index (χ0v) is 9.80. The van der Waals surface area contributed by atoms with Crippen molar-refractivity contribution in [1.82, 2.24) is 0 Å². The molecule has 0 saturated carbocycles. The van der Waals surface area contributed by atoms with Gasteiger partial charge in [0.15, 0.2) is 0 Å². The van der Waals surface area contributed by atoms with Crippen molar-refractivity contribution in [2.24, 2.45) is 0 Å². The molecule has 0 aliphatic carbocycles. The summed E-state index contributed by atoms with van der Waals surface area (Å²) in [4.78, 5) is 0. The third-order valence-corrected chi connectivity index (χ3v) is 2.56. The summed E-state index contributed by atoms with van der Waals surface area (Å²) in [7, 11) is 0. The van der Waals surface area contributed by atoms with Crippen molar-refractivity contribution in [2.45, 2.75) is 0 Å². The Kier molecular flexibility index (Phi) is 3.45. The Labute approximate surface area is 107 Å². The van der Waals surface area contributed by atoms with Gasteiger partial charge in [-0.1, -0.05) is 17.7 Å². The molecular formula is C13H7ClF2N2. The van der Waals surface area contributed by atoms with Gasteiger partial charge < -0.3 is 5.32 Å². The van der Waals surface area contributed by atoms with Crippen LogP contribution in [0.3, 0.4) is 0 Å². The first-order valence-corrected chi connectivity index (χ1v) is 5.40. The minimum Gasteiger partial charge on any atom is -0.350 e. The SMILES string of the molecule is N#Cc1cc(Cl)ccc1Nc1c(F)cccc1F. The van der Waals surface area contributed by atoms with Gasteiger partial charge >= 0.3 is 0 Å². The lowest BCUT2D eigenvalue weighted by atomic mass is 10.2. The molecule has 90 valence electrons. The van der Waals surface area contributed by atoms with Crippen LogP contribution in [0.15, 0.2) is 36.4 Å². The van der Waals surface area contributed by atoms with Gasteiger partial charge in [-0.2, -0.15) is 5.26 Å². The summed E-state index contributed by atoms with van der Waals surface area (Å²) in [5.74, 6) is -1.46. The molecule has 0 aliphatic rings. The zero-order valence-electron chi connectivity index (χ0n) is 9.05. The maximum Gasteiger partial charge on any atom is 0.149 e. The average Bonchev–Trinajstić information content (AvgIpc) is 2.35. The Morgan fingerprint density at radius 2 is 1.78 bits per heavy atom. The molecule has 0 saturated heterocycles. The Balaban J connectivity index is 2.44. The lowest BCUT2D eigenvalue weighted by Crippen LogP contribution is -1.99. The highest BCUT2D eigenvalue weighted by Crippen LogP contribution is 2.27. The maximum atomic E-state index is 13.4. The van der Waals surface area contributed by atoms with Crippen molar-refractivity contribution < 1.29 is 8.78 Å². The van der Waals surface area contributed by atoms with Gasteiger partial charge in [0.1, 0.15) is 23.4 Å². The van der Waals surface area contributed by atoms with Crippen LogP contribution in [0.5, 0.6) is 0 Å². The smallest absolute Gasteiger partial charge is 0.149 e. The van der Waals surface area contributed by atoms with Gasteiger partial charge in [0, 0.05) is 5.02 Å². The lowest BCUT2D eigenvalue weighted by Gasteiger charge is -2.10. The fraction of sp³-hybridized carbons (Fsp3) is 0. The molecule has 0 aromatic heterocycles. The number of nitriles is 1. The molecular weight excluding hydrogens is 258 g/mol. The third kappa shape index (κ3) is 2.41. The highest BCUT2D eigenvalue weighted by molar-refractivity contribution is 6.30. The molecule has 0 amide bonds. The number of benzene rings is 2. The summed E-state index contributed by atoms with van der Waals surface area (Å²) >= 11 is 5.73. The Hall–Kier alpha value is -2.12. The van der Waals surface area contributed by atoms with Crippen LogP contribution < -0.4 is 5.32 Å². The van der Waals surface area contributed by atoms with Gasteiger partial charge in [-0.25, -0.2) is 8.78 Å². The number of para-hydroxylation sites is 1. The summed E-state index contributed by atoms with van der Waals surface area (Å²) in [5.41, 5.74) is 0.215. The predicted octanol–water partition coefficient (Wildman–Crippen LogP) is 4.23. The van der Waals surface area contributed by atoms with Gasteiger partial charge in [0.05, 0.1) is 11.3 Å². The van der Waals surface area contributed by atoms with E-state index in [4.69, 9.17) is 16.9 Å². The van der Waals surface area contributed by atoms with E-state index < -0.39 is 11.6 Å². The molecule has 2 aromatic carbocycles. The van der Waals surface area contributed by atoms with Crippen molar-refractivity contribution in [3.63, 3.8) is 0 Å². The van der Waals surface area contributed by atoms with E-state index in [0.717, 1.165) is 12.1 Å². The lowest BCUT2D eigenvalue weighted by molar-refractivity contribution is 0.591. The molecule has 0 radical (unpaired) electrons. The summed E-state index contributed by atoms with van der Waals surface area (Å²) in [6.07, 6.45) is 0. The molecule has 0 spiro atoms. The number of anilines is 2. The summed E-state index contributed by atoms with van der Waals surface area (Å²) < 4.78 is 26.9. The summed E-state index contributed by atoms with van der Waals surface area (Å²) in [5, 5.41) is 11.9. The van der Waals surface area contributed by atoms with Gasteiger partial charge in [-0.3, -0.25) is 0 Å². The van der Waals surface area contributed by atoms with Crippen LogP contribution in [0.25, 0.3) is 0 Å². The van der Waals surface area contributed by atoms with E-state index in [1.807, 2.05) is 6.07 Å². The molecule has 0 heterocycles. The Bertz CT molecular complexity index is 615. The number of hydrogen-bond donors (Lipinski definition) is 1.